The molecule has 0 saturated heterocycles. The molecule has 4 nitrogen and oxygen atoms in total. The van der Waals surface area contributed by atoms with Crippen LogP contribution < -0.4 is 5.32 Å². The zero-order chi connectivity index (χ0) is 14.8. The normalized spacial score (nSPS) is 26.5. The van der Waals surface area contributed by atoms with Gasteiger partial charge in [-0.15, -0.1) is 0 Å². The van der Waals surface area contributed by atoms with Gasteiger partial charge in [0.05, 0.1) is 5.60 Å². The van der Waals surface area contributed by atoms with Gasteiger partial charge >= 0.3 is 0 Å². The topological polar surface area (TPSA) is 54.3 Å². The molecule has 0 spiro atoms. The van der Waals surface area contributed by atoms with Crippen LogP contribution in [0.2, 0.25) is 0 Å². The average Bonchev–Trinajstić information content (AvgIpc) is 2.77. The number of hydrogen-bond donors (Lipinski definition) is 2. The van der Waals surface area contributed by atoms with Gasteiger partial charge in [-0.25, -0.2) is 0 Å². The van der Waals surface area contributed by atoms with Crippen LogP contribution >= 0.6 is 15.9 Å². The van der Waals surface area contributed by atoms with Crippen molar-refractivity contribution in [2.45, 2.75) is 51.7 Å². The number of halogens is 1. The molecule has 1 aliphatic rings. The van der Waals surface area contributed by atoms with E-state index in [0.29, 0.717) is 18.2 Å². The third-order valence-electron chi connectivity index (χ3n) is 4.08. The Morgan fingerprint density at radius 3 is 3.05 bits per heavy atom. The first-order valence-electron chi connectivity index (χ1n) is 7.30. The standard InChI is InChI=1S/C15H23BrN2O2/c1-3-18-9-12(16)7-13(18)14(19)17-10-15(20)6-4-5-11(2)8-15/h7,9,11,20H,3-6,8,10H2,1-2H3,(H,17,19). The molecular weight excluding hydrogens is 320 g/mol. The maximum absolute atomic E-state index is 12.2. The summed E-state index contributed by atoms with van der Waals surface area (Å²) < 4.78 is 2.79. The average molecular weight is 343 g/mol. The lowest BCUT2D eigenvalue weighted by molar-refractivity contribution is -0.0110. The summed E-state index contributed by atoms with van der Waals surface area (Å²) >= 11 is 3.39. The number of rotatable bonds is 4. The summed E-state index contributed by atoms with van der Waals surface area (Å²) in [6, 6.07) is 1.81. The van der Waals surface area contributed by atoms with Gasteiger partial charge in [0.2, 0.25) is 0 Å². The Labute approximate surface area is 128 Å². The number of nitrogens with zero attached hydrogens (tertiary/aromatic N) is 1. The Morgan fingerprint density at radius 1 is 1.65 bits per heavy atom. The van der Waals surface area contributed by atoms with Gasteiger partial charge < -0.3 is 15.0 Å². The monoisotopic (exact) mass is 342 g/mol. The number of carbonyl (C=O) groups excluding carboxylic acids is 1. The molecule has 1 aliphatic carbocycles. The van der Waals surface area contributed by atoms with Gasteiger partial charge in [0.1, 0.15) is 5.69 Å². The molecule has 1 aromatic heterocycles. The minimum atomic E-state index is -0.742. The molecule has 2 rings (SSSR count). The van der Waals surface area contributed by atoms with Crippen molar-refractivity contribution in [2.24, 2.45) is 5.92 Å². The summed E-state index contributed by atoms with van der Waals surface area (Å²) in [5.41, 5.74) is -0.111. The lowest BCUT2D eigenvalue weighted by Crippen LogP contribution is -2.46. The molecule has 2 unspecified atom stereocenters. The number of aromatic nitrogens is 1. The van der Waals surface area contributed by atoms with Crippen molar-refractivity contribution in [1.29, 1.82) is 0 Å². The van der Waals surface area contributed by atoms with Crippen LogP contribution in [0.25, 0.3) is 0 Å². The van der Waals surface area contributed by atoms with Crippen molar-refractivity contribution in [2.75, 3.05) is 6.54 Å². The van der Waals surface area contributed by atoms with Gasteiger partial charge in [0.25, 0.3) is 5.91 Å². The Morgan fingerprint density at radius 2 is 2.40 bits per heavy atom. The van der Waals surface area contributed by atoms with Gasteiger partial charge in [-0.05, 0) is 47.7 Å². The highest BCUT2D eigenvalue weighted by molar-refractivity contribution is 9.10. The second-order valence-corrected chi connectivity index (χ2v) is 6.85. The zero-order valence-corrected chi connectivity index (χ0v) is 13.7. The van der Waals surface area contributed by atoms with Crippen LogP contribution in [-0.4, -0.2) is 27.7 Å². The summed E-state index contributed by atoms with van der Waals surface area (Å²) in [6.45, 7) is 5.24. The summed E-state index contributed by atoms with van der Waals surface area (Å²) in [4.78, 5) is 12.2. The van der Waals surface area contributed by atoms with E-state index in [1.807, 2.05) is 23.8 Å². The fraction of sp³-hybridized carbons (Fsp3) is 0.667. The number of carbonyl (C=O) groups is 1. The summed E-state index contributed by atoms with van der Waals surface area (Å²) in [5, 5.41) is 13.4. The van der Waals surface area contributed by atoms with Gasteiger partial charge in [-0.2, -0.15) is 0 Å². The van der Waals surface area contributed by atoms with Crippen LogP contribution in [0.5, 0.6) is 0 Å². The molecule has 1 amide bonds. The summed E-state index contributed by atoms with van der Waals surface area (Å²) in [5.74, 6) is 0.406. The van der Waals surface area contributed by atoms with Crippen LogP contribution in [0, 0.1) is 5.92 Å². The van der Waals surface area contributed by atoms with Crippen molar-refractivity contribution in [3.63, 3.8) is 0 Å². The van der Waals surface area contributed by atoms with Crippen molar-refractivity contribution in [1.82, 2.24) is 9.88 Å². The van der Waals surface area contributed by atoms with E-state index in [4.69, 9.17) is 0 Å². The van der Waals surface area contributed by atoms with Crippen LogP contribution in [0.3, 0.4) is 0 Å². The highest BCUT2D eigenvalue weighted by Crippen LogP contribution is 2.31. The second-order valence-electron chi connectivity index (χ2n) is 5.94. The lowest BCUT2D eigenvalue weighted by atomic mass is 9.79. The minimum absolute atomic E-state index is 0.121. The van der Waals surface area contributed by atoms with Crippen molar-refractivity contribution in [3.05, 3.63) is 22.4 Å². The Hall–Kier alpha value is -0.810. The Balaban J connectivity index is 1.97. The third-order valence-corrected chi connectivity index (χ3v) is 4.52. The van der Waals surface area contributed by atoms with Crippen molar-refractivity contribution >= 4 is 21.8 Å². The predicted molar refractivity (Wildman–Crippen MR) is 82.7 cm³/mol. The van der Waals surface area contributed by atoms with E-state index in [1.165, 1.54) is 6.42 Å². The number of amides is 1. The Bertz CT molecular complexity index is 486. The molecule has 0 aliphatic heterocycles. The Kier molecular flexibility index (Phi) is 4.91. The number of nitrogens with one attached hydrogen (secondary N) is 1. The maximum Gasteiger partial charge on any atom is 0.268 e. The van der Waals surface area contributed by atoms with E-state index in [1.54, 1.807) is 0 Å². The molecule has 0 bridgehead atoms. The van der Waals surface area contributed by atoms with Gasteiger partial charge in [-0.1, -0.05) is 19.8 Å². The minimum Gasteiger partial charge on any atom is -0.388 e. The van der Waals surface area contributed by atoms with Crippen LogP contribution in [-0.2, 0) is 6.54 Å². The molecule has 1 fully saturated rings. The molecule has 5 heteroatoms. The molecule has 112 valence electrons. The molecular formula is C15H23BrN2O2. The molecule has 1 saturated carbocycles. The first-order chi connectivity index (χ1) is 9.43. The fourth-order valence-electron chi connectivity index (χ4n) is 3.06. The summed E-state index contributed by atoms with van der Waals surface area (Å²) in [7, 11) is 0. The summed E-state index contributed by atoms with van der Waals surface area (Å²) in [6.07, 6.45) is 5.64. The van der Waals surface area contributed by atoms with Gasteiger partial charge in [-0.3, -0.25) is 4.79 Å². The van der Waals surface area contributed by atoms with E-state index < -0.39 is 5.60 Å². The molecule has 0 aromatic carbocycles. The SMILES string of the molecule is CCn1cc(Br)cc1C(=O)NCC1(O)CCCC(C)C1. The van der Waals surface area contributed by atoms with Crippen molar-refractivity contribution < 1.29 is 9.90 Å². The molecule has 20 heavy (non-hydrogen) atoms. The first-order valence-corrected chi connectivity index (χ1v) is 8.09. The maximum atomic E-state index is 12.2. The van der Waals surface area contributed by atoms with Crippen LogP contribution in [0.15, 0.2) is 16.7 Å². The van der Waals surface area contributed by atoms with Gasteiger partial charge in [0.15, 0.2) is 0 Å². The van der Waals surface area contributed by atoms with E-state index in [2.05, 4.69) is 28.2 Å². The lowest BCUT2D eigenvalue weighted by Gasteiger charge is -2.35. The first kappa shape index (κ1) is 15.6. The highest BCUT2D eigenvalue weighted by atomic mass is 79.9. The van der Waals surface area contributed by atoms with Crippen molar-refractivity contribution in [3.8, 4) is 0 Å². The van der Waals surface area contributed by atoms with E-state index in [0.717, 1.165) is 30.3 Å². The highest BCUT2D eigenvalue weighted by Gasteiger charge is 2.33. The largest absolute Gasteiger partial charge is 0.388 e. The fourth-order valence-corrected chi connectivity index (χ4v) is 3.52. The van der Waals surface area contributed by atoms with Crippen LogP contribution in [0.1, 0.15) is 50.0 Å². The number of hydrogen-bond acceptors (Lipinski definition) is 2. The van der Waals surface area contributed by atoms with Crippen LogP contribution in [0.4, 0.5) is 0 Å². The third kappa shape index (κ3) is 3.64. The van der Waals surface area contributed by atoms with E-state index >= 15 is 0 Å². The van der Waals surface area contributed by atoms with Gasteiger partial charge in [0, 0.05) is 23.8 Å². The zero-order valence-electron chi connectivity index (χ0n) is 12.2. The van der Waals surface area contributed by atoms with E-state index in [9.17, 15) is 9.90 Å². The smallest absolute Gasteiger partial charge is 0.268 e. The quantitative estimate of drug-likeness (QED) is 0.883. The molecule has 2 atom stereocenters. The van der Waals surface area contributed by atoms with E-state index in [-0.39, 0.29) is 5.91 Å². The molecule has 1 heterocycles. The second kappa shape index (κ2) is 6.31. The number of aryl methyl sites for hydroxylation is 1. The molecule has 2 N–H and O–H groups in total. The predicted octanol–water partition coefficient (Wildman–Crippen LogP) is 2.94. The molecule has 1 aromatic rings. The molecule has 0 radical (unpaired) electrons. The number of aliphatic hydroxyl groups is 1.